The van der Waals surface area contributed by atoms with E-state index >= 15 is 0 Å². The number of hydrogen-bond donors (Lipinski definition) is 1. The summed E-state index contributed by atoms with van der Waals surface area (Å²) in [5, 5.41) is 16.7. The molecule has 0 saturated carbocycles. The van der Waals surface area contributed by atoms with Gasteiger partial charge in [-0.2, -0.15) is 0 Å². The molecule has 0 amide bonds. The standard InChI is InChI=1S/C12H11ClFN3O2/c1-6(2)11-10(12(18)19)15-16-17(11)9-5-7(13)3-4-8(9)14/h3-6H,1-2H3,(H,18,19). The van der Waals surface area contributed by atoms with Gasteiger partial charge in [-0.1, -0.05) is 30.7 Å². The lowest BCUT2D eigenvalue weighted by molar-refractivity contribution is 0.0688. The van der Waals surface area contributed by atoms with Crippen LogP contribution in [-0.4, -0.2) is 26.1 Å². The largest absolute Gasteiger partial charge is 0.476 e. The van der Waals surface area contributed by atoms with Crippen molar-refractivity contribution in [2.45, 2.75) is 19.8 Å². The van der Waals surface area contributed by atoms with E-state index in [-0.39, 0.29) is 17.3 Å². The molecule has 1 aromatic carbocycles. The van der Waals surface area contributed by atoms with Gasteiger partial charge < -0.3 is 5.11 Å². The second-order valence-electron chi connectivity index (χ2n) is 4.29. The van der Waals surface area contributed by atoms with Crippen molar-refractivity contribution in [3.63, 3.8) is 0 Å². The highest BCUT2D eigenvalue weighted by molar-refractivity contribution is 6.30. The van der Waals surface area contributed by atoms with Gasteiger partial charge in [0.2, 0.25) is 0 Å². The van der Waals surface area contributed by atoms with Crippen LogP contribution in [0.1, 0.15) is 35.9 Å². The molecule has 0 atom stereocenters. The third-order valence-corrected chi connectivity index (χ3v) is 2.83. The summed E-state index contributed by atoms with van der Waals surface area (Å²) in [5.74, 6) is -1.93. The maximum absolute atomic E-state index is 13.8. The van der Waals surface area contributed by atoms with Crippen LogP contribution in [0, 0.1) is 5.82 Å². The summed E-state index contributed by atoms with van der Waals surface area (Å²) in [6, 6.07) is 3.98. The maximum atomic E-state index is 13.8. The minimum absolute atomic E-state index is 0.0798. The number of nitrogens with zero attached hydrogens (tertiary/aromatic N) is 3. The molecule has 0 spiro atoms. The predicted octanol–water partition coefficient (Wildman–Crippen LogP) is 2.88. The Hall–Kier alpha value is -1.95. The number of benzene rings is 1. The van der Waals surface area contributed by atoms with Crippen LogP contribution in [0.4, 0.5) is 4.39 Å². The van der Waals surface area contributed by atoms with Gasteiger partial charge in [-0.15, -0.1) is 5.10 Å². The second-order valence-corrected chi connectivity index (χ2v) is 4.73. The zero-order valence-corrected chi connectivity index (χ0v) is 11.0. The molecule has 5 nitrogen and oxygen atoms in total. The van der Waals surface area contributed by atoms with Gasteiger partial charge in [-0.05, 0) is 24.1 Å². The number of carbonyl (C=O) groups is 1. The summed E-state index contributed by atoms with van der Waals surface area (Å²) < 4.78 is 15.0. The molecule has 0 aliphatic heterocycles. The van der Waals surface area contributed by atoms with Gasteiger partial charge in [0.25, 0.3) is 0 Å². The fourth-order valence-electron chi connectivity index (χ4n) is 1.79. The van der Waals surface area contributed by atoms with E-state index in [0.29, 0.717) is 10.7 Å². The highest BCUT2D eigenvalue weighted by Gasteiger charge is 2.23. The first kappa shape index (κ1) is 13.5. The first-order valence-electron chi connectivity index (χ1n) is 5.56. The van der Waals surface area contributed by atoms with Crippen LogP contribution in [0.2, 0.25) is 5.02 Å². The number of aromatic carboxylic acids is 1. The molecule has 1 N–H and O–H groups in total. The summed E-state index contributed by atoms with van der Waals surface area (Å²) in [4.78, 5) is 11.1. The Morgan fingerprint density at radius 1 is 1.47 bits per heavy atom. The van der Waals surface area contributed by atoms with E-state index in [1.165, 1.54) is 22.9 Å². The van der Waals surface area contributed by atoms with Gasteiger partial charge >= 0.3 is 5.97 Å². The van der Waals surface area contributed by atoms with Crippen molar-refractivity contribution < 1.29 is 14.3 Å². The summed E-state index contributed by atoms with van der Waals surface area (Å²) in [6.07, 6.45) is 0. The van der Waals surface area contributed by atoms with E-state index in [1.807, 2.05) is 0 Å². The highest BCUT2D eigenvalue weighted by Crippen LogP contribution is 2.25. The quantitative estimate of drug-likeness (QED) is 0.940. The summed E-state index contributed by atoms with van der Waals surface area (Å²) in [6.45, 7) is 3.56. The lowest BCUT2D eigenvalue weighted by Crippen LogP contribution is -2.09. The lowest BCUT2D eigenvalue weighted by Gasteiger charge is -2.10. The Morgan fingerprint density at radius 3 is 2.74 bits per heavy atom. The smallest absolute Gasteiger partial charge is 0.358 e. The van der Waals surface area contributed by atoms with E-state index in [0.717, 1.165) is 0 Å². The molecular formula is C12H11ClFN3O2. The minimum Gasteiger partial charge on any atom is -0.476 e. The van der Waals surface area contributed by atoms with Crippen LogP contribution in [0.3, 0.4) is 0 Å². The van der Waals surface area contributed by atoms with Crippen LogP contribution in [0.5, 0.6) is 0 Å². The van der Waals surface area contributed by atoms with Crippen molar-refractivity contribution in [1.29, 1.82) is 0 Å². The molecule has 2 rings (SSSR count). The fourth-order valence-corrected chi connectivity index (χ4v) is 1.95. The molecule has 0 saturated heterocycles. The highest BCUT2D eigenvalue weighted by atomic mass is 35.5. The summed E-state index contributed by atoms with van der Waals surface area (Å²) in [7, 11) is 0. The molecule has 0 unspecified atom stereocenters. The van der Waals surface area contributed by atoms with E-state index < -0.39 is 11.8 Å². The SMILES string of the molecule is CC(C)c1c(C(=O)O)nnn1-c1cc(Cl)ccc1F. The summed E-state index contributed by atoms with van der Waals surface area (Å²) >= 11 is 5.82. The van der Waals surface area contributed by atoms with Gasteiger partial charge in [-0.3, -0.25) is 0 Å². The first-order valence-corrected chi connectivity index (χ1v) is 5.94. The number of halogens is 2. The van der Waals surface area contributed by atoms with Crippen LogP contribution in [-0.2, 0) is 0 Å². The zero-order valence-electron chi connectivity index (χ0n) is 10.3. The van der Waals surface area contributed by atoms with Crippen molar-refractivity contribution >= 4 is 17.6 Å². The van der Waals surface area contributed by atoms with Crippen LogP contribution < -0.4 is 0 Å². The minimum atomic E-state index is -1.20. The zero-order chi connectivity index (χ0) is 14.2. The number of rotatable bonds is 3. The molecule has 0 aliphatic rings. The van der Waals surface area contributed by atoms with E-state index in [1.54, 1.807) is 13.8 Å². The number of carboxylic acid groups (broad SMARTS) is 1. The monoisotopic (exact) mass is 283 g/mol. The molecule has 0 fully saturated rings. The Bertz CT molecular complexity index is 640. The molecular weight excluding hydrogens is 273 g/mol. The fraction of sp³-hybridized carbons (Fsp3) is 0.250. The lowest BCUT2D eigenvalue weighted by atomic mass is 10.1. The summed E-state index contributed by atoms with van der Waals surface area (Å²) in [5.41, 5.74) is 0.222. The molecule has 100 valence electrons. The Kier molecular flexibility index (Phi) is 3.53. The van der Waals surface area contributed by atoms with Gasteiger partial charge in [-0.25, -0.2) is 13.9 Å². The third-order valence-electron chi connectivity index (χ3n) is 2.59. The van der Waals surface area contributed by atoms with Gasteiger partial charge in [0.1, 0.15) is 11.5 Å². The topological polar surface area (TPSA) is 68.0 Å². The average Bonchev–Trinajstić information content (AvgIpc) is 2.76. The number of aromatic nitrogens is 3. The third kappa shape index (κ3) is 2.44. The average molecular weight is 284 g/mol. The van der Waals surface area contributed by atoms with Gasteiger partial charge in [0.05, 0.1) is 5.69 Å². The number of hydrogen-bond acceptors (Lipinski definition) is 3. The van der Waals surface area contributed by atoms with Crippen molar-refractivity contribution in [2.75, 3.05) is 0 Å². The second kappa shape index (κ2) is 4.97. The van der Waals surface area contributed by atoms with Crippen molar-refractivity contribution in [3.05, 3.63) is 40.4 Å². The molecule has 2 aromatic rings. The molecule has 1 aromatic heterocycles. The molecule has 7 heteroatoms. The van der Waals surface area contributed by atoms with Crippen LogP contribution >= 0.6 is 11.6 Å². The van der Waals surface area contributed by atoms with Crippen LogP contribution in [0.15, 0.2) is 18.2 Å². The first-order chi connectivity index (χ1) is 8.91. The number of carboxylic acids is 1. The van der Waals surface area contributed by atoms with E-state index in [2.05, 4.69) is 10.3 Å². The van der Waals surface area contributed by atoms with E-state index in [9.17, 15) is 9.18 Å². The van der Waals surface area contributed by atoms with Crippen LogP contribution in [0.25, 0.3) is 5.69 Å². The Morgan fingerprint density at radius 2 is 2.16 bits per heavy atom. The molecule has 0 bridgehead atoms. The van der Waals surface area contributed by atoms with Crippen molar-refractivity contribution in [2.24, 2.45) is 0 Å². The molecule has 1 heterocycles. The normalized spacial score (nSPS) is 11.0. The molecule has 0 aliphatic carbocycles. The van der Waals surface area contributed by atoms with Gasteiger partial charge in [0.15, 0.2) is 5.69 Å². The van der Waals surface area contributed by atoms with Crippen molar-refractivity contribution in [3.8, 4) is 5.69 Å². The van der Waals surface area contributed by atoms with Gasteiger partial charge in [0, 0.05) is 5.02 Å². The predicted molar refractivity (Wildman–Crippen MR) is 67.4 cm³/mol. The molecule has 0 radical (unpaired) electrons. The van der Waals surface area contributed by atoms with Crippen molar-refractivity contribution in [1.82, 2.24) is 15.0 Å². The maximum Gasteiger partial charge on any atom is 0.358 e. The Balaban J connectivity index is 2.69. The van der Waals surface area contributed by atoms with E-state index in [4.69, 9.17) is 16.7 Å². The Labute approximate surface area is 113 Å². The molecule has 19 heavy (non-hydrogen) atoms.